The van der Waals surface area contributed by atoms with Crippen molar-refractivity contribution >= 4 is 33.5 Å². The van der Waals surface area contributed by atoms with Gasteiger partial charge in [0.1, 0.15) is 5.25 Å². The first-order valence-corrected chi connectivity index (χ1v) is 10.4. The maximum Gasteiger partial charge on any atom is 0.319 e. The molecule has 1 aromatic rings. The molecule has 1 aromatic carbocycles. The molecular formula is C16H21NO5S2. The molecule has 0 radical (unpaired) electrons. The Balaban J connectivity index is 1.81. The van der Waals surface area contributed by atoms with Crippen LogP contribution in [0.2, 0.25) is 0 Å². The lowest BCUT2D eigenvalue weighted by Crippen LogP contribution is -2.43. The van der Waals surface area contributed by atoms with Gasteiger partial charge in [-0.15, -0.1) is 11.8 Å². The van der Waals surface area contributed by atoms with E-state index in [4.69, 9.17) is 4.74 Å². The number of nitrogens with one attached hydrogen (secondary N) is 1. The average molecular weight is 371 g/mol. The van der Waals surface area contributed by atoms with E-state index in [0.717, 1.165) is 4.90 Å². The molecule has 0 unspecified atom stereocenters. The molecule has 0 saturated carbocycles. The maximum absolute atomic E-state index is 12.1. The van der Waals surface area contributed by atoms with Crippen LogP contribution in [0.15, 0.2) is 35.2 Å². The smallest absolute Gasteiger partial charge is 0.319 e. The third-order valence-electron chi connectivity index (χ3n) is 3.63. The van der Waals surface area contributed by atoms with Crippen LogP contribution >= 0.6 is 11.8 Å². The highest BCUT2D eigenvalue weighted by atomic mass is 32.2. The van der Waals surface area contributed by atoms with Crippen molar-refractivity contribution in [1.29, 1.82) is 0 Å². The van der Waals surface area contributed by atoms with Gasteiger partial charge in [-0.1, -0.05) is 18.2 Å². The topological polar surface area (TPSA) is 89.5 Å². The van der Waals surface area contributed by atoms with E-state index in [9.17, 15) is 18.0 Å². The molecule has 1 N–H and O–H groups in total. The molecule has 2 rings (SSSR count). The Morgan fingerprint density at radius 3 is 2.50 bits per heavy atom. The standard InChI is InChI=1S/C16H21NO5S2/c1-11(15(18)17-13-8-9-24(20,21)10-13)22-16(19)12(2)23-14-6-4-3-5-7-14/h3-7,11-13H,8-10H2,1-2H3,(H,17,18)/t11-,12-,13+/m1/s1. The van der Waals surface area contributed by atoms with E-state index in [1.807, 2.05) is 30.3 Å². The summed E-state index contributed by atoms with van der Waals surface area (Å²) < 4.78 is 28.0. The van der Waals surface area contributed by atoms with Gasteiger partial charge in [-0.25, -0.2) is 8.42 Å². The van der Waals surface area contributed by atoms with E-state index < -0.39 is 39.1 Å². The van der Waals surface area contributed by atoms with Crippen molar-refractivity contribution in [1.82, 2.24) is 5.32 Å². The molecule has 1 saturated heterocycles. The van der Waals surface area contributed by atoms with Crippen molar-refractivity contribution in [2.24, 2.45) is 0 Å². The van der Waals surface area contributed by atoms with Gasteiger partial charge in [0.25, 0.3) is 5.91 Å². The van der Waals surface area contributed by atoms with Gasteiger partial charge >= 0.3 is 5.97 Å². The lowest BCUT2D eigenvalue weighted by Gasteiger charge is -2.18. The molecule has 24 heavy (non-hydrogen) atoms. The monoisotopic (exact) mass is 371 g/mol. The highest BCUT2D eigenvalue weighted by Gasteiger charge is 2.31. The summed E-state index contributed by atoms with van der Waals surface area (Å²) in [6.45, 7) is 3.20. The molecule has 6 nitrogen and oxygen atoms in total. The zero-order valence-electron chi connectivity index (χ0n) is 13.6. The summed E-state index contributed by atoms with van der Waals surface area (Å²) in [4.78, 5) is 25.1. The molecule has 1 aliphatic heterocycles. The Morgan fingerprint density at radius 2 is 1.92 bits per heavy atom. The summed E-state index contributed by atoms with van der Waals surface area (Å²) in [7, 11) is -3.06. The highest BCUT2D eigenvalue weighted by Crippen LogP contribution is 2.23. The number of benzene rings is 1. The van der Waals surface area contributed by atoms with Crippen LogP contribution in [0.25, 0.3) is 0 Å². The highest BCUT2D eigenvalue weighted by molar-refractivity contribution is 8.00. The Kier molecular flexibility index (Phi) is 6.28. The minimum Gasteiger partial charge on any atom is -0.452 e. The summed E-state index contributed by atoms with van der Waals surface area (Å²) in [5.74, 6) is -0.927. The third kappa shape index (κ3) is 5.52. The summed E-state index contributed by atoms with van der Waals surface area (Å²) in [6, 6.07) is 9.04. The first-order chi connectivity index (χ1) is 11.3. The fourth-order valence-electron chi connectivity index (χ4n) is 2.30. The van der Waals surface area contributed by atoms with E-state index in [1.54, 1.807) is 6.92 Å². The maximum atomic E-state index is 12.1. The lowest BCUT2D eigenvalue weighted by atomic mass is 10.2. The Labute approximate surface area is 146 Å². The zero-order valence-corrected chi connectivity index (χ0v) is 15.2. The van der Waals surface area contributed by atoms with Crippen LogP contribution in [0.5, 0.6) is 0 Å². The van der Waals surface area contributed by atoms with Gasteiger partial charge in [-0.3, -0.25) is 9.59 Å². The number of hydrogen-bond acceptors (Lipinski definition) is 6. The van der Waals surface area contributed by atoms with Gasteiger partial charge in [-0.2, -0.15) is 0 Å². The molecule has 0 bridgehead atoms. The van der Waals surface area contributed by atoms with Crippen LogP contribution in [0.1, 0.15) is 20.3 Å². The number of sulfone groups is 1. The largest absolute Gasteiger partial charge is 0.452 e. The van der Waals surface area contributed by atoms with Crippen molar-refractivity contribution < 1.29 is 22.7 Å². The first kappa shape index (κ1) is 18.8. The van der Waals surface area contributed by atoms with Crippen molar-refractivity contribution in [3.8, 4) is 0 Å². The minimum absolute atomic E-state index is 0.0559. The molecule has 0 aliphatic carbocycles. The van der Waals surface area contributed by atoms with E-state index in [1.165, 1.54) is 18.7 Å². The summed E-state index contributed by atoms with van der Waals surface area (Å²) in [5, 5.41) is 2.18. The Bertz CT molecular complexity index is 690. The van der Waals surface area contributed by atoms with Crippen molar-refractivity contribution in [2.75, 3.05) is 11.5 Å². The zero-order chi connectivity index (χ0) is 17.7. The molecule has 8 heteroatoms. The van der Waals surface area contributed by atoms with E-state index in [2.05, 4.69) is 5.32 Å². The number of esters is 1. The van der Waals surface area contributed by atoms with Crippen molar-refractivity contribution in [3.05, 3.63) is 30.3 Å². The number of thioether (sulfide) groups is 1. The van der Waals surface area contributed by atoms with Gasteiger partial charge in [0.15, 0.2) is 15.9 Å². The first-order valence-electron chi connectivity index (χ1n) is 7.70. The number of amides is 1. The normalized spacial score (nSPS) is 21.7. The molecule has 1 aliphatic rings. The summed E-state index contributed by atoms with van der Waals surface area (Å²) in [5.41, 5.74) is 0. The summed E-state index contributed by atoms with van der Waals surface area (Å²) in [6.07, 6.45) is -0.561. The fourth-order valence-corrected chi connectivity index (χ4v) is 4.85. The van der Waals surface area contributed by atoms with Crippen LogP contribution in [0.3, 0.4) is 0 Å². The summed E-state index contributed by atoms with van der Waals surface area (Å²) >= 11 is 1.35. The number of rotatable bonds is 6. The Morgan fingerprint density at radius 1 is 1.25 bits per heavy atom. The lowest BCUT2D eigenvalue weighted by molar-refractivity contribution is -0.154. The van der Waals surface area contributed by atoms with E-state index in [-0.39, 0.29) is 11.5 Å². The van der Waals surface area contributed by atoms with Crippen LogP contribution in [0, 0.1) is 0 Å². The predicted octanol–water partition coefficient (Wildman–Crippen LogP) is 1.40. The molecule has 0 aromatic heterocycles. The van der Waals surface area contributed by atoms with Crippen molar-refractivity contribution in [2.45, 2.75) is 42.6 Å². The van der Waals surface area contributed by atoms with Crippen LogP contribution in [-0.4, -0.2) is 49.2 Å². The van der Waals surface area contributed by atoms with Crippen LogP contribution < -0.4 is 5.32 Å². The quantitative estimate of drug-likeness (QED) is 0.601. The second-order valence-corrected chi connectivity index (χ2v) is 9.40. The van der Waals surface area contributed by atoms with Gasteiger partial charge in [0, 0.05) is 10.9 Å². The van der Waals surface area contributed by atoms with Crippen LogP contribution in [-0.2, 0) is 24.2 Å². The molecule has 132 valence electrons. The SMILES string of the molecule is C[C@@H](OC(=O)[C@@H](C)Sc1ccccc1)C(=O)N[C@H]1CCS(=O)(=O)C1. The van der Waals surface area contributed by atoms with E-state index >= 15 is 0 Å². The number of carbonyl (C=O) groups is 2. The van der Waals surface area contributed by atoms with Gasteiger partial charge < -0.3 is 10.1 Å². The molecule has 1 fully saturated rings. The second-order valence-electron chi connectivity index (χ2n) is 5.76. The predicted molar refractivity (Wildman–Crippen MR) is 92.5 cm³/mol. The Hall–Kier alpha value is -1.54. The van der Waals surface area contributed by atoms with Gasteiger partial charge in [-0.05, 0) is 32.4 Å². The van der Waals surface area contributed by atoms with Gasteiger partial charge in [0.05, 0.1) is 11.5 Å². The molecule has 3 atom stereocenters. The molecular weight excluding hydrogens is 350 g/mol. The third-order valence-corrected chi connectivity index (χ3v) is 6.49. The van der Waals surface area contributed by atoms with E-state index in [0.29, 0.717) is 6.42 Å². The van der Waals surface area contributed by atoms with Crippen LogP contribution in [0.4, 0.5) is 0 Å². The fraction of sp³-hybridized carbons (Fsp3) is 0.500. The van der Waals surface area contributed by atoms with Crippen molar-refractivity contribution in [3.63, 3.8) is 0 Å². The number of ether oxygens (including phenoxy) is 1. The molecule has 1 heterocycles. The number of carbonyl (C=O) groups excluding carboxylic acids is 2. The molecule has 1 amide bonds. The minimum atomic E-state index is -3.06. The van der Waals surface area contributed by atoms with Gasteiger partial charge in [0.2, 0.25) is 0 Å². The molecule has 0 spiro atoms. The second kappa shape index (κ2) is 8.02. The number of hydrogen-bond donors (Lipinski definition) is 1. The average Bonchev–Trinajstić information content (AvgIpc) is 2.86.